The summed E-state index contributed by atoms with van der Waals surface area (Å²) in [7, 11) is 0. The molecule has 118 valence electrons. The van der Waals surface area contributed by atoms with Crippen molar-refractivity contribution >= 4 is 0 Å². The van der Waals surface area contributed by atoms with Gasteiger partial charge in [0.1, 0.15) is 5.75 Å². The summed E-state index contributed by atoms with van der Waals surface area (Å²) in [6, 6.07) is 16.9. The average Bonchev–Trinajstić information content (AvgIpc) is 2.92. The number of nitrogens with zero attached hydrogens (tertiary/aromatic N) is 3. The van der Waals surface area contributed by atoms with E-state index in [9.17, 15) is 13.2 Å². The molecule has 0 unspecified atom stereocenters. The SMILES string of the molecule is FC(F)(F)c1c(Oc2ccccc2)nnn1Cc1ccccc1. The molecular weight excluding hydrogens is 307 g/mol. The minimum absolute atomic E-state index is 0.0408. The highest BCUT2D eigenvalue weighted by molar-refractivity contribution is 5.30. The van der Waals surface area contributed by atoms with Crippen LogP contribution in [0, 0.1) is 0 Å². The predicted octanol–water partition coefficient (Wildman–Crippen LogP) is 4.14. The van der Waals surface area contributed by atoms with Crippen molar-refractivity contribution in [1.82, 2.24) is 15.0 Å². The second-order valence-electron chi connectivity index (χ2n) is 4.80. The van der Waals surface area contributed by atoms with E-state index in [1.54, 1.807) is 60.7 Å². The topological polar surface area (TPSA) is 39.9 Å². The molecule has 1 aromatic heterocycles. The molecule has 23 heavy (non-hydrogen) atoms. The monoisotopic (exact) mass is 319 g/mol. The van der Waals surface area contributed by atoms with Gasteiger partial charge < -0.3 is 4.74 Å². The predicted molar refractivity (Wildman–Crippen MR) is 77.1 cm³/mol. The molecule has 3 rings (SSSR count). The highest BCUT2D eigenvalue weighted by Crippen LogP contribution is 2.36. The summed E-state index contributed by atoms with van der Waals surface area (Å²) in [6.07, 6.45) is -4.62. The van der Waals surface area contributed by atoms with Crippen LogP contribution in [0.1, 0.15) is 11.3 Å². The molecule has 1 heterocycles. The van der Waals surface area contributed by atoms with Crippen molar-refractivity contribution in [3.05, 3.63) is 71.9 Å². The third kappa shape index (κ3) is 3.50. The summed E-state index contributed by atoms with van der Waals surface area (Å²) in [4.78, 5) is 0. The summed E-state index contributed by atoms with van der Waals surface area (Å²) in [5.41, 5.74) is -0.320. The van der Waals surface area contributed by atoms with E-state index in [1.807, 2.05) is 0 Å². The Balaban J connectivity index is 1.95. The van der Waals surface area contributed by atoms with Crippen molar-refractivity contribution in [2.75, 3.05) is 0 Å². The van der Waals surface area contributed by atoms with Gasteiger partial charge in [0.15, 0.2) is 0 Å². The van der Waals surface area contributed by atoms with Gasteiger partial charge in [0.2, 0.25) is 5.69 Å². The molecule has 0 bridgehead atoms. The quantitative estimate of drug-likeness (QED) is 0.725. The normalized spacial score (nSPS) is 11.4. The number of aromatic nitrogens is 3. The first-order valence-electron chi connectivity index (χ1n) is 6.81. The number of ether oxygens (including phenoxy) is 1. The largest absolute Gasteiger partial charge is 0.438 e. The van der Waals surface area contributed by atoms with Crippen molar-refractivity contribution < 1.29 is 17.9 Å². The highest BCUT2D eigenvalue weighted by atomic mass is 19.4. The van der Waals surface area contributed by atoms with Crippen LogP contribution in [0.15, 0.2) is 60.7 Å². The molecule has 4 nitrogen and oxygen atoms in total. The molecule has 7 heteroatoms. The maximum Gasteiger partial charge on any atom is 0.438 e. The van der Waals surface area contributed by atoms with E-state index in [0.717, 1.165) is 4.68 Å². The number of rotatable bonds is 4. The Morgan fingerprint density at radius 1 is 0.913 bits per heavy atom. The van der Waals surface area contributed by atoms with Gasteiger partial charge in [0.25, 0.3) is 5.88 Å². The summed E-state index contributed by atoms with van der Waals surface area (Å²) in [5, 5.41) is 7.14. The Morgan fingerprint density at radius 3 is 2.13 bits per heavy atom. The standard InChI is InChI=1S/C16H12F3N3O/c17-16(18,19)14-15(23-13-9-5-2-6-10-13)20-21-22(14)11-12-7-3-1-4-8-12/h1-10H,11H2. The van der Waals surface area contributed by atoms with E-state index in [2.05, 4.69) is 10.3 Å². The minimum Gasteiger partial charge on any atom is -0.436 e. The fourth-order valence-corrected chi connectivity index (χ4v) is 2.10. The van der Waals surface area contributed by atoms with Crippen LogP contribution in [0.2, 0.25) is 0 Å². The van der Waals surface area contributed by atoms with Crippen LogP contribution in [0.25, 0.3) is 0 Å². The molecular formula is C16H12F3N3O. The molecule has 0 saturated carbocycles. The number of para-hydroxylation sites is 1. The molecule has 0 aliphatic heterocycles. The third-order valence-corrected chi connectivity index (χ3v) is 3.11. The van der Waals surface area contributed by atoms with Crippen molar-refractivity contribution in [3.63, 3.8) is 0 Å². The van der Waals surface area contributed by atoms with Crippen LogP contribution in [0.4, 0.5) is 13.2 Å². The van der Waals surface area contributed by atoms with E-state index in [1.165, 1.54) is 0 Å². The fourth-order valence-electron chi connectivity index (χ4n) is 2.10. The van der Waals surface area contributed by atoms with E-state index >= 15 is 0 Å². The van der Waals surface area contributed by atoms with Crippen molar-refractivity contribution in [1.29, 1.82) is 0 Å². The van der Waals surface area contributed by atoms with Crippen LogP contribution in [-0.2, 0) is 12.7 Å². The number of hydrogen-bond acceptors (Lipinski definition) is 3. The molecule has 3 aromatic rings. The molecule has 0 spiro atoms. The first-order chi connectivity index (χ1) is 11.0. The Bertz CT molecular complexity index is 711. The second kappa shape index (κ2) is 6.12. The Hall–Kier alpha value is -2.83. The van der Waals surface area contributed by atoms with Crippen LogP contribution < -0.4 is 4.74 Å². The van der Waals surface area contributed by atoms with E-state index in [0.29, 0.717) is 5.56 Å². The molecule has 0 amide bonds. The van der Waals surface area contributed by atoms with Crippen molar-refractivity contribution in [2.24, 2.45) is 0 Å². The zero-order chi connectivity index (χ0) is 16.3. The van der Waals surface area contributed by atoms with Crippen LogP contribution >= 0.6 is 0 Å². The number of hydrogen-bond donors (Lipinski definition) is 0. The van der Waals surface area contributed by atoms with Gasteiger partial charge in [-0.05, 0) is 17.7 Å². The first kappa shape index (κ1) is 15.1. The number of halogens is 3. The second-order valence-corrected chi connectivity index (χ2v) is 4.80. The van der Waals surface area contributed by atoms with Crippen molar-refractivity contribution in [2.45, 2.75) is 12.7 Å². The summed E-state index contributed by atoms with van der Waals surface area (Å²) in [5.74, 6) is -0.288. The molecule has 0 atom stereocenters. The minimum atomic E-state index is -4.62. The lowest BCUT2D eigenvalue weighted by atomic mass is 10.2. The average molecular weight is 319 g/mol. The van der Waals surface area contributed by atoms with Gasteiger partial charge in [-0.15, -0.1) is 0 Å². The van der Waals surface area contributed by atoms with Crippen molar-refractivity contribution in [3.8, 4) is 11.6 Å². The maximum absolute atomic E-state index is 13.4. The summed E-state index contributed by atoms with van der Waals surface area (Å²) in [6.45, 7) is -0.0408. The number of benzene rings is 2. The van der Waals surface area contributed by atoms with Gasteiger partial charge in [-0.25, -0.2) is 4.68 Å². The number of alkyl halides is 3. The Morgan fingerprint density at radius 2 is 1.52 bits per heavy atom. The molecule has 0 N–H and O–H groups in total. The molecule has 0 aliphatic rings. The molecule has 0 radical (unpaired) electrons. The van der Waals surface area contributed by atoms with Gasteiger partial charge in [0, 0.05) is 0 Å². The highest BCUT2D eigenvalue weighted by Gasteiger charge is 2.40. The summed E-state index contributed by atoms with van der Waals surface area (Å²) >= 11 is 0. The van der Waals surface area contributed by atoms with E-state index in [4.69, 9.17) is 4.74 Å². The zero-order valence-corrected chi connectivity index (χ0v) is 11.9. The van der Waals surface area contributed by atoms with Gasteiger partial charge in [-0.3, -0.25) is 0 Å². The van der Waals surface area contributed by atoms with Gasteiger partial charge in [-0.2, -0.15) is 13.2 Å². The van der Waals surface area contributed by atoms with E-state index < -0.39 is 17.8 Å². The van der Waals surface area contributed by atoms with Crippen LogP contribution in [-0.4, -0.2) is 15.0 Å². The van der Waals surface area contributed by atoms with E-state index in [-0.39, 0.29) is 12.3 Å². The zero-order valence-electron chi connectivity index (χ0n) is 11.9. The molecule has 0 fully saturated rings. The Kier molecular flexibility index (Phi) is 4.01. The lowest BCUT2D eigenvalue weighted by Crippen LogP contribution is -2.16. The van der Waals surface area contributed by atoms with Crippen LogP contribution in [0.3, 0.4) is 0 Å². The molecule has 0 saturated heterocycles. The lowest BCUT2D eigenvalue weighted by molar-refractivity contribution is -0.145. The molecule has 2 aromatic carbocycles. The smallest absolute Gasteiger partial charge is 0.436 e. The van der Waals surface area contributed by atoms with Crippen LogP contribution in [0.5, 0.6) is 11.6 Å². The fraction of sp³-hybridized carbons (Fsp3) is 0.125. The Labute approximate surface area is 130 Å². The van der Waals surface area contributed by atoms with Gasteiger partial charge in [0.05, 0.1) is 6.54 Å². The molecule has 0 aliphatic carbocycles. The summed E-state index contributed by atoms with van der Waals surface area (Å²) < 4.78 is 46.1. The maximum atomic E-state index is 13.4. The third-order valence-electron chi connectivity index (χ3n) is 3.11. The van der Waals surface area contributed by atoms with Gasteiger partial charge >= 0.3 is 6.18 Å². The van der Waals surface area contributed by atoms with Gasteiger partial charge in [-0.1, -0.05) is 58.8 Å². The lowest BCUT2D eigenvalue weighted by Gasteiger charge is -2.11. The first-order valence-corrected chi connectivity index (χ1v) is 6.81.